The van der Waals surface area contributed by atoms with E-state index in [9.17, 15) is 24.3 Å². The monoisotopic (exact) mass is 577 g/mol. The summed E-state index contributed by atoms with van der Waals surface area (Å²) in [6.45, 7) is 5.29. The molecule has 3 amide bonds. The van der Waals surface area contributed by atoms with Gasteiger partial charge in [-0.3, -0.25) is 24.6 Å². The first-order valence-electron chi connectivity index (χ1n) is 12.6. The number of oxime groups is 1. The Morgan fingerprint density at radius 2 is 2.02 bits per heavy atom. The van der Waals surface area contributed by atoms with Gasteiger partial charge >= 0.3 is 0 Å². The van der Waals surface area contributed by atoms with E-state index in [1.165, 1.54) is 23.6 Å². The maximum absolute atomic E-state index is 12.9. The summed E-state index contributed by atoms with van der Waals surface area (Å²) in [5.41, 5.74) is 3.18. The number of pyridine rings is 1. The van der Waals surface area contributed by atoms with E-state index < -0.39 is 35.1 Å². The molecular weight excluding hydrogens is 550 g/mol. The Kier molecular flexibility index (Phi) is 8.88. The smallest absolute Gasteiger partial charge is 0.269 e. The molecule has 0 spiro atoms. The SMILES string of the molecule is CCON=C(C)C(=O)NC1C(=O)N2C(C(=O)[O-])=C(C[n+]3ccc(-c4c[nH]c(/C=C(\C)C(=O)NC#N)c4)cc3)CSC12. The second-order valence-corrected chi connectivity index (χ2v) is 10.3. The molecule has 2 aromatic rings. The summed E-state index contributed by atoms with van der Waals surface area (Å²) < 4.78 is 1.80. The summed E-state index contributed by atoms with van der Waals surface area (Å²) in [4.78, 5) is 58.2. The van der Waals surface area contributed by atoms with Crippen LogP contribution in [0.15, 0.2) is 58.8 Å². The molecule has 3 N–H and O–H groups in total. The number of carbonyl (C=O) groups excluding carboxylic acids is 4. The van der Waals surface area contributed by atoms with Crippen LogP contribution in [0, 0.1) is 11.5 Å². The van der Waals surface area contributed by atoms with Crippen LogP contribution in [0.2, 0.25) is 0 Å². The number of H-pyrrole nitrogens is 1. The lowest BCUT2D eigenvalue weighted by atomic mass is 10.0. The molecule has 1 fully saturated rings. The number of nitrogens with zero attached hydrogens (tertiary/aromatic N) is 4. The highest BCUT2D eigenvalue weighted by Gasteiger charge is 2.53. The standard InChI is InChI=1S/C27H27N7O6S/c1-4-40-32-16(3)24(36)31-21-25(37)34-22(27(38)39)19(13-41-26(21)34)12-33-7-5-17(6-8-33)18-10-20(29-11-18)9-15(2)23(35)30-14-28/h5-11,21,26H,4,12-13H2,1-3H3,(H3,30,31,35,36,38,39)/b15-9+,32-16?. The van der Waals surface area contributed by atoms with Crippen molar-refractivity contribution in [3.8, 4) is 17.3 Å². The average molecular weight is 578 g/mol. The second kappa shape index (κ2) is 12.5. The highest BCUT2D eigenvalue weighted by molar-refractivity contribution is 8.00. The predicted molar refractivity (Wildman–Crippen MR) is 146 cm³/mol. The third kappa shape index (κ3) is 6.30. The maximum Gasteiger partial charge on any atom is 0.269 e. The molecule has 2 aromatic heterocycles. The molecule has 2 atom stereocenters. The number of hydrogen-bond acceptors (Lipinski definition) is 9. The molecule has 0 aromatic carbocycles. The fraction of sp³-hybridized carbons (Fsp3) is 0.296. The first-order valence-corrected chi connectivity index (χ1v) is 13.6. The van der Waals surface area contributed by atoms with Crippen molar-refractivity contribution in [1.29, 1.82) is 5.26 Å². The van der Waals surface area contributed by atoms with Crippen molar-refractivity contribution < 1.29 is 33.7 Å². The molecule has 212 valence electrons. The minimum Gasteiger partial charge on any atom is -0.543 e. The lowest BCUT2D eigenvalue weighted by Gasteiger charge is -2.50. The van der Waals surface area contributed by atoms with Gasteiger partial charge in [0.15, 0.2) is 25.1 Å². The van der Waals surface area contributed by atoms with Gasteiger partial charge in [0.25, 0.3) is 17.7 Å². The van der Waals surface area contributed by atoms with Crippen LogP contribution in [0.1, 0.15) is 26.5 Å². The van der Waals surface area contributed by atoms with E-state index in [4.69, 9.17) is 10.1 Å². The van der Waals surface area contributed by atoms with Gasteiger partial charge in [-0.1, -0.05) is 5.16 Å². The summed E-state index contributed by atoms with van der Waals surface area (Å²) in [7, 11) is 0. The number of aromatic nitrogens is 2. The number of carboxylic acids is 1. The van der Waals surface area contributed by atoms with Gasteiger partial charge in [-0.15, -0.1) is 11.8 Å². The van der Waals surface area contributed by atoms with E-state index in [0.717, 1.165) is 11.1 Å². The minimum absolute atomic E-state index is 0.0561. The fourth-order valence-corrected chi connectivity index (χ4v) is 5.66. The molecule has 0 radical (unpaired) electrons. The number of nitrogens with one attached hydrogen (secondary N) is 3. The molecule has 1 saturated heterocycles. The summed E-state index contributed by atoms with van der Waals surface area (Å²) in [6.07, 6.45) is 8.60. The van der Waals surface area contributed by atoms with Gasteiger partial charge in [-0.25, -0.2) is 4.57 Å². The minimum atomic E-state index is -1.46. The highest BCUT2D eigenvalue weighted by Crippen LogP contribution is 2.40. The molecule has 4 rings (SSSR count). The molecular formula is C27H27N7O6S. The first kappa shape index (κ1) is 29.1. The summed E-state index contributed by atoms with van der Waals surface area (Å²) in [5, 5.41) is 28.5. The number of carboxylic acid groups (broad SMARTS) is 1. The fourth-order valence-electron chi connectivity index (χ4n) is 4.33. The van der Waals surface area contributed by atoms with E-state index in [1.807, 2.05) is 18.2 Å². The van der Waals surface area contributed by atoms with Gasteiger partial charge in [-0.2, -0.15) is 5.26 Å². The molecule has 2 aliphatic rings. The van der Waals surface area contributed by atoms with Crippen molar-refractivity contribution in [3.63, 3.8) is 0 Å². The molecule has 2 aliphatic heterocycles. The number of rotatable bonds is 10. The second-order valence-electron chi connectivity index (χ2n) is 9.19. The van der Waals surface area contributed by atoms with Crippen LogP contribution in [0.5, 0.6) is 0 Å². The quantitative estimate of drug-likeness (QED) is 0.0659. The number of aromatic amines is 1. The van der Waals surface area contributed by atoms with Crippen LogP contribution in [-0.2, 0) is 30.6 Å². The number of fused-ring (bicyclic) bond motifs is 1. The third-order valence-corrected chi connectivity index (χ3v) is 7.73. The molecule has 2 unspecified atom stereocenters. The van der Waals surface area contributed by atoms with Crippen LogP contribution >= 0.6 is 11.8 Å². The molecule has 0 saturated carbocycles. The van der Waals surface area contributed by atoms with E-state index in [0.29, 0.717) is 29.2 Å². The maximum atomic E-state index is 12.9. The van der Waals surface area contributed by atoms with Crippen molar-refractivity contribution in [2.45, 2.75) is 38.7 Å². The number of amides is 3. The Bertz CT molecular complexity index is 1520. The van der Waals surface area contributed by atoms with E-state index in [2.05, 4.69) is 20.8 Å². The Morgan fingerprint density at radius 3 is 2.68 bits per heavy atom. The third-order valence-electron chi connectivity index (χ3n) is 6.39. The van der Waals surface area contributed by atoms with E-state index in [-0.39, 0.29) is 18.0 Å². The number of hydrogen-bond donors (Lipinski definition) is 3. The first-order chi connectivity index (χ1) is 19.6. The van der Waals surface area contributed by atoms with Gasteiger partial charge in [0, 0.05) is 46.5 Å². The molecule has 13 nitrogen and oxygen atoms in total. The van der Waals surface area contributed by atoms with Gasteiger partial charge in [0.2, 0.25) is 0 Å². The van der Waals surface area contributed by atoms with Gasteiger partial charge in [0.1, 0.15) is 23.7 Å². The molecule has 41 heavy (non-hydrogen) atoms. The molecule has 4 heterocycles. The summed E-state index contributed by atoms with van der Waals surface area (Å²) in [5.74, 6) is -2.71. The van der Waals surface area contributed by atoms with Gasteiger partial charge in [0.05, 0.1) is 11.7 Å². The number of nitriles is 1. The van der Waals surface area contributed by atoms with Crippen molar-refractivity contribution in [2.24, 2.45) is 5.16 Å². The number of thioether (sulfide) groups is 1. The predicted octanol–water partition coefficient (Wildman–Crippen LogP) is -0.214. The average Bonchev–Trinajstić information content (AvgIpc) is 3.42. The highest BCUT2D eigenvalue weighted by atomic mass is 32.2. The lowest BCUT2D eigenvalue weighted by molar-refractivity contribution is -0.689. The lowest BCUT2D eigenvalue weighted by Crippen LogP contribution is -2.71. The molecule has 14 heteroatoms. The number of aliphatic carboxylic acids is 1. The molecule has 0 bridgehead atoms. The van der Waals surface area contributed by atoms with Crippen molar-refractivity contribution in [1.82, 2.24) is 20.5 Å². The summed E-state index contributed by atoms with van der Waals surface area (Å²) in [6, 6.07) is 4.69. The zero-order valence-corrected chi connectivity index (χ0v) is 23.3. The van der Waals surface area contributed by atoms with Crippen LogP contribution in [0.3, 0.4) is 0 Å². The Morgan fingerprint density at radius 1 is 1.29 bits per heavy atom. The topological polar surface area (TPSA) is 184 Å². The Balaban J connectivity index is 1.46. The van der Waals surface area contributed by atoms with Crippen LogP contribution < -0.4 is 20.3 Å². The van der Waals surface area contributed by atoms with Gasteiger partial charge in [-0.05, 0) is 38.5 Å². The van der Waals surface area contributed by atoms with Gasteiger partial charge < -0.3 is 25.0 Å². The molecule has 0 aliphatic carbocycles. The van der Waals surface area contributed by atoms with Crippen molar-refractivity contribution in [2.75, 3.05) is 12.4 Å². The van der Waals surface area contributed by atoms with E-state index in [1.54, 1.807) is 49.3 Å². The van der Waals surface area contributed by atoms with Crippen molar-refractivity contribution in [3.05, 3.63) is 59.3 Å². The van der Waals surface area contributed by atoms with Crippen LogP contribution in [0.4, 0.5) is 0 Å². The largest absolute Gasteiger partial charge is 0.543 e. The number of carbonyl (C=O) groups is 4. The zero-order chi connectivity index (χ0) is 29.7. The van der Waals surface area contributed by atoms with Crippen LogP contribution in [-0.4, -0.2) is 63.1 Å². The van der Waals surface area contributed by atoms with Crippen molar-refractivity contribution >= 4 is 47.2 Å². The Labute approximate surface area is 239 Å². The van der Waals surface area contributed by atoms with Crippen LogP contribution in [0.25, 0.3) is 17.2 Å². The Hall–Kier alpha value is -4.90. The normalized spacial score (nSPS) is 18.7. The summed E-state index contributed by atoms with van der Waals surface area (Å²) >= 11 is 1.36. The zero-order valence-electron chi connectivity index (χ0n) is 22.5. The van der Waals surface area contributed by atoms with E-state index >= 15 is 0 Å². The number of β-lactam (4-membered cyclic amide) rings is 1.